The van der Waals surface area contributed by atoms with Gasteiger partial charge in [-0.3, -0.25) is 14.6 Å². The number of rotatable bonds is 5. The third kappa shape index (κ3) is 3.66. The van der Waals surface area contributed by atoms with Crippen LogP contribution in [0.15, 0.2) is 41.0 Å². The number of pyridine rings is 1. The molecule has 0 aliphatic carbocycles. The van der Waals surface area contributed by atoms with E-state index in [0.717, 1.165) is 5.56 Å². The molecule has 1 aromatic heterocycles. The first kappa shape index (κ1) is 20.0. The average molecular weight is 398 g/mol. The molecule has 1 N–H and O–H groups in total. The molecule has 9 heteroatoms. The second-order valence-electron chi connectivity index (χ2n) is 6.32. The molecule has 1 aromatic carbocycles. The molecule has 0 radical (unpaired) electrons. The number of hydrogen-bond acceptors (Lipinski definition) is 6. The summed E-state index contributed by atoms with van der Waals surface area (Å²) in [4.78, 5) is 30.3. The number of aliphatic imine (C=N–C) groups is 1. The number of carbonyl (C=O) groups is 2. The fourth-order valence-corrected chi connectivity index (χ4v) is 3.27. The molecular weight excluding hydrogens is 379 g/mol. The lowest BCUT2D eigenvalue weighted by atomic mass is 10.1. The molecule has 1 aliphatic heterocycles. The van der Waals surface area contributed by atoms with Crippen LogP contribution in [0, 0.1) is 5.82 Å². The first-order valence-corrected chi connectivity index (χ1v) is 8.71. The van der Waals surface area contributed by atoms with Gasteiger partial charge in [0.25, 0.3) is 5.91 Å². The number of carbonyl (C=O) groups excluding carboxylic acids is 2. The number of ether oxygens (including phenoxy) is 1. The molecule has 0 atom stereocenters. The van der Waals surface area contributed by atoms with Crippen LogP contribution in [0.4, 0.5) is 10.1 Å². The van der Waals surface area contributed by atoms with Crippen molar-refractivity contribution in [3.63, 3.8) is 0 Å². The molecule has 1 aliphatic rings. The summed E-state index contributed by atoms with van der Waals surface area (Å²) in [6.07, 6.45) is 1.38. The van der Waals surface area contributed by atoms with E-state index in [4.69, 9.17) is 4.74 Å². The highest BCUT2D eigenvalue weighted by atomic mass is 19.1. The Morgan fingerprint density at radius 2 is 2.03 bits per heavy atom. The molecule has 1 amide bonds. The normalized spacial score (nSPS) is 13.8. The predicted octanol–water partition coefficient (Wildman–Crippen LogP) is 2.47. The third-order valence-electron chi connectivity index (χ3n) is 4.52. The van der Waals surface area contributed by atoms with Crippen LogP contribution in [0.25, 0.3) is 6.08 Å². The molecule has 29 heavy (non-hydrogen) atoms. The van der Waals surface area contributed by atoms with Crippen LogP contribution in [0.2, 0.25) is 0 Å². The van der Waals surface area contributed by atoms with Crippen molar-refractivity contribution in [1.29, 1.82) is 0 Å². The van der Waals surface area contributed by atoms with Crippen molar-refractivity contribution in [3.8, 4) is 5.75 Å². The summed E-state index contributed by atoms with van der Waals surface area (Å²) in [6, 6.07) is 5.81. The second-order valence-corrected chi connectivity index (χ2v) is 6.32. The highest BCUT2D eigenvalue weighted by Gasteiger charge is 2.33. The van der Waals surface area contributed by atoms with Gasteiger partial charge in [-0.2, -0.15) is 0 Å². The first-order chi connectivity index (χ1) is 13.9. The smallest absolute Gasteiger partial charge is 0.308 e. The van der Waals surface area contributed by atoms with Gasteiger partial charge in [0.1, 0.15) is 11.5 Å². The third-order valence-corrected chi connectivity index (χ3v) is 4.52. The van der Waals surface area contributed by atoms with Gasteiger partial charge in [-0.1, -0.05) is 29.9 Å². The van der Waals surface area contributed by atoms with Crippen LogP contribution >= 0.6 is 0 Å². The molecule has 0 fully saturated rings. The van der Waals surface area contributed by atoms with Gasteiger partial charge in [-0.15, -0.1) is 0 Å². The number of benzene rings is 1. The van der Waals surface area contributed by atoms with Crippen molar-refractivity contribution in [2.24, 2.45) is 10.1 Å². The Kier molecular flexibility index (Phi) is 5.58. The van der Waals surface area contributed by atoms with Gasteiger partial charge in [-0.25, -0.2) is 4.39 Å². The average Bonchev–Trinajstić information content (AvgIpc) is 2.70. The minimum Gasteiger partial charge on any atom is -0.422 e. The summed E-state index contributed by atoms with van der Waals surface area (Å²) in [5.74, 6) is -1.56. The lowest BCUT2D eigenvalue weighted by Gasteiger charge is -2.32. The van der Waals surface area contributed by atoms with E-state index in [2.05, 4.69) is 23.4 Å². The summed E-state index contributed by atoms with van der Waals surface area (Å²) in [5, 5.41) is 12.8. The van der Waals surface area contributed by atoms with E-state index in [1.165, 1.54) is 34.6 Å². The van der Waals surface area contributed by atoms with E-state index in [1.807, 2.05) is 0 Å². The first-order valence-electron chi connectivity index (χ1n) is 8.71. The van der Waals surface area contributed by atoms with Gasteiger partial charge in [0.15, 0.2) is 16.9 Å². The standard InChI is InChI=1S/C20H19FN4O4/c1-4-15-16(22-3)18(29-12(2)26)17-20(27)24(9-10-25(17)19(15)23-28)11-13-5-7-14(21)8-6-13/h4-8,28H,1,3,9-11H2,2H3/b23-19+. The Morgan fingerprint density at radius 3 is 2.59 bits per heavy atom. The fraction of sp³-hybridized carbons (Fsp3) is 0.200. The van der Waals surface area contributed by atoms with Crippen molar-refractivity contribution in [1.82, 2.24) is 9.47 Å². The van der Waals surface area contributed by atoms with Crippen LogP contribution in [0.1, 0.15) is 28.5 Å². The van der Waals surface area contributed by atoms with Crippen LogP contribution in [0.5, 0.6) is 5.75 Å². The van der Waals surface area contributed by atoms with Gasteiger partial charge in [0.2, 0.25) is 0 Å². The molecule has 2 aromatic rings. The zero-order valence-corrected chi connectivity index (χ0v) is 15.8. The Bertz CT molecular complexity index is 1070. The topological polar surface area (TPSA) is 96.5 Å². The molecule has 150 valence electrons. The molecule has 0 unspecified atom stereocenters. The molecule has 2 heterocycles. The Balaban J connectivity index is 2.17. The maximum atomic E-state index is 13.3. The summed E-state index contributed by atoms with van der Waals surface area (Å²) >= 11 is 0. The number of nitrogens with zero attached hydrogens (tertiary/aromatic N) is 4. The van der Waals surface area contributed by atoms with Crippen molar-refractivity contribution in [2.75, 3.05) is 6.54 Å². The molecule has 0 saturated carbocycles. The van der Waals surface area contributed by atoms with Crippen molar-refractivity contribution < 1.29 is 23.9 Å². The Labute approximate surface area is 165 Å². The van der Waals surface area contributed by atoms with Gasteiger partial charge in [0.05, 0.1) is 0 Å². The molecule has 3 rings (SSSR count). The van der Waals surface area contributed by atoms with Gasteiger partial charge in [-0.05, 0) is 24.4 Å². The lowest BCUT2D eigenvalue weighted by molar-refractivity contribution is -0.131. The number of halogens is 1. The number of esters is 1. The largest absolute Gasteiger partial charge is 0.422 e. The maximum absolute atomic E-state index is 13.3. The van der Waals surface area contributed by atoms with Crippen LogP contribution in [-0.4, -0.2) is 39.8 Å². The van der Waals surface area contributed by atoms with E-state index >= 15 is 0 Å². The van der Waals surface area contributed by atoms with Crippen LogP contribution in [-0.2, 0) is 17.9 Å². The van der Waals surface area contributed by atoms with Gasteiger partial charge < -0.3 is 19.4 Å². The zero-order valence-electron chi connectivity index (χ0n) is 15.8. The summed E-state index contributed by atoms with van der Waals surface area (Å²) in [5.41, 5.74) is 1.16. The van der Waals surface area contributed by atoms with E-state index in [0.29, 0.717) is 6.54 Å². The van der Waals surface area contributed by atoms with Crippen molar-refractivity contribution >= 4 is 30.4 Å². The summed E-state index contributed by atoms with van der Waals surface area (Å²) < 4.78 is 19.9. The number of aromatic nitrogens is 1. The van der Waals surface area contributed by atoms with E-state index < -0.39 is 11.9 Å². The second kappa shape index (κ2) is 8.09. The van der Waals surface area contributed by atoms with Crippen LogP contribution in [0.3, 0.4) is 0 Å². The number of amides is 1. The predicted molar refractivity (Wildman–Crippen MR) is 104 cm³/mol. The highest BCUT2D eigenvalue weighted by molar-refractivity contribution is 5.99. The maximum Gasteiger partial charge on any atom is 0.308 e. The monoisotopic (exact) mass is 398 g/mol. The Morgan fingerprint density at radius 1 is 1.34 bits per heavy atom. The highest BCUT2D eigenvalue weighted by Crippen LogP contribution is 2.36. The number of hydrogen-bond donors (Lipinski definition) is 1. The SMILES string of the molecule is C=Cc1c(N=C)c(OC(C)=O)c2n(/c1=N/O)CCN(Cc1ccc(F)cc1)C2=O. The Hall–Kier alpha value is -3.75. The molecule has 0 saturated heterocycles. The number of fused-ring (bicyclic) bond motifs is 1. The van der Waals surface area contributed by atoms with Gasteiger partial charge in [0, 0.05) is 32.1 Å². The summed E-state index contributed by atoms with van der Waals surface area (Å²) in [6.45, 7) is 9.14. The quantitative estimate of drug-likeness (QED) is 0.362. The fourth-order valence-electron chi connectivity index (χ4n) is 3.27. The molecule has 0 bridgehead atoms. The minimum absolute atomic E-state index is 0.00867. The molecular formula is C20H19FN4O4. The minimum atomic E-state index is -0.648. The lowest BCUT2D eigenvalue weighted by Crippen LogP contribution is -2.45. The summed E-state index contributed by atoms with van der Waals surface area (Å²) in [7, 11) is 0. The van der Waals surface area contributed by atoms with Crippen LogP contribution < -0.4 is 10.2 Å². The van der Waals surface area contributed by atoms with Crippen molar-refractivity contribution in [2.45, 2.75) is 20.0 Å². The molecule has 0 spiro atoms. The molecule has 8 nitrogen and oxygen atoms in total. The van der Waals surface area contributed by atoms with E-state index in [-0.39, 0.29) is 47.1 Å². The van der Waals surface area contributed by atoms with Gasteiger partial charge >= 0.3 is 5.97 Å². The van der Waals surface area contributed by atoms with Crippen molar-refractivity contribution in [3.05, 3.63) is 59.0 Å². The van der Waals surface area contributed by atoms with E-state index in [9.17, 15) is 19.2 Å². The zero-order chi connectivity index (χ0) is 21.1. The van der Waals surface area contributed by atoms with E-state index in [1.54, 1.807) is 12.1 Å².